The number of aliphatic hydroxyl groups excluding tert-OH is 3. The Morgan fingerprint density at radius 3 is 1.97 bits per heavy atom. The number of esters is 1. The standard InChI is InChI=1S/C25H45NO6/c1-2-3-4-5-6-7-8-9-10-11-12-13-14-15-21(26-16-18-31-19-17-27)23-24(29)22(20-28)32-25(23)30/h22,27-29H,2-20H2,1H3. The largest absolute Gasteiger partial charge is 0.507 e. The molecule has 0 spiro atoms. The lowest BCUT2D eigenvalue weighted by molar-refractivity contribution is -0.141. The summed E-state index contributed by atoms with van der Waals surface area (Å²) < 4.78 is 10.2. The molecule has 0 saturated carbocycles. The highest BCUT2D eigenvalue weighted by Gasteiger charge is 2.36. The van der Waals surface area contributed by atoms with Gasteiger partial charge in [-0.1, -0.05) is 84.0 Å². The van der Waals surface area contributed by atoms with Crippen LogP contribution in [0.15, 0.2) is 16.3 Å². The molecule has 0 saturated heterocycles. The average molecular weight is 456 g/mol. The monoisotopic (exact) mass is 455 g/mol. The predicted molar refractivity (Wildman–Crippen MR) is 127 cm³/mol. The van der Waals surface area contributed by atoms with E-state index in [-0.39, 0.29) is 24.5 Å². The molecule has 186 valence electrons. The first-order valence-corrected chi connectivity index (χ1v) is 12.6. The van der Waals surface area contributed by atoms with Gasteiger partial charge < -0.3 is 24.8 Å². The number of ether oxygens (including phenoxy) is 2. The minimum absolute atomic E-state index is 0.0496. The van der Waals surface area contributed by atoms with Crippen LogP contribution in [0.5, 0.6) is 0 Å². The van der Waals surface area contributed by atoms with E-state index in [4.69, 9.17) is 14.6 Å². The molecule has 1 aliphatic heterocycles. The van der Waals surface area contributed by atoms with Gasteiger partial charge in [0.05, 0.1) is 38.7 Å². The van der Waals surface area contributed by atoms with Crippen LogP contribution in [0.4, 0.5) is 0 Å². The van der Waals surface area contributed by atoms with Crippen LogP contribution in [0.1, 0.15) is 96.8 Å². The van der Waals surface area contributed by atoms with Gasteiger partial charge in [-0.25, -0.2) is 4.79 Å². The normalized spacial score (nSPS) is 16.8. The Bertz CT molecular complexity index is 561. The van der Waals surface area contributed by atoms with Gasteiger partial charge in [-0.2, -0.15) is 0 Å². The van der Waals surface area contributed by atoms with Crippen LogP contribution in [0.3, 0.4) is 0 Å². The minimum atomic E-state index is -1.00. The van der Waals surface area contributed by atoms with E-state index in [1.54, 1.807) is 0 Å². The summed E-state index contributed by atoms with van der Waals surface area (Å²) in [6.45, 7) is 2.65. The molecule has 0 amide bonds. The van der Waals surface area contributed by atoms with Crippen LogP contribution < -0.4 is 0 Å². The van der Waals surface area contributed by atoms with Gasteiger partial charge in [-0.05, 0) is 12.8 Å². The van der Waals surface area contributed by atoms with Crippen molar-refractivity contribution in [1.82, 2.24) is 0 Å². The van der Waals surface area contributed by atoms with Crippen molar-refractivity contribution in [3.05, 3.63) is 11.3 Å². The van der Waals surface area contributed by atoms with E-state index in [9.17, 15) is 15.0 Å². The highest BCUT2D eigenvalue weighted by atomic mass is 16.6. The van der Waals surface area contributed by atoms with Crippen molar-refractivity contribution in [3.63, 3.8) is 0 Å². The number of hydrogen-bond acceptors (Lipinski definition) is 7. The minimum Gasteiger partial charge on any atom is -0.507 e. The molecule has 1 atom stereocenters. The molecule has 7 nitrogen and oxygen atoms in total. The second kappa shape index (κ2) is 19.1. The van der Waals surface area contributed by atoms with Gasteiger partial charge in [0.15, 0.2) is 11.9 Å². The van der Waals surface area contributed by atoms with Crippen molar-refractivity contribution in [1.29, 1.82) is 0 Å². The number of carbonyl (C=O) groups is 1. The first-order valence-electron chi connectivity index (χ1n) is 12.6. The number of nitrogens with zero attached hydrogens (tertiary/aromatic N) is 1. The smallest absolute Gasteiger partial charge is 0.344 e. The van der Waals surface area contributed by atoms with Gasteiger partial charge in [0, 0.05) is 0 Å². The number of carbonyl (C=O) groups excluding carboxylic acids is 1. The van der Waals surface area contributed by atoms with E-state index in [0.29, 0.717) is 25.3 Å². The Labute approximate surface area is 193 Å². The molecule has 0 bridgehead atoms. The molecule has 0 aliphatic carbocycles. The zero-order valence-electron chi connectivity index (χ0n) is 20.0. The number of aliphatic hydroxyl groups is 3. The molecule has 1 rings (SSSR count). The maximum absolute atomic E-state index is 12.2. The molecule has 1 aliphatic rings. The van der Waals surface area contributed by atoms with E-state index in [1.807, 2.05) is 0 Å². The summed E-state index contributed by atoms with van der Waals surface area (Å²) >= 11 is 0. The Morgan fingerprint density at radius 2 is 1.47 bits per heavy atom. The summed E-state index contributed by atoms with van der Waals surface area (Å²) in [5, 5.41) is 28.3. The van der Waals surface area contributed by atoms with Crippen molar-refractivity contribution in [3.8, 4) is 0 Å². The Balaban J connectivity index is 2.30. The van der Waals surface area contributed by atoms with Gasteiger partial charge in [-0.15, -0.1) is 0 Å². The molecular formula is C25H45NO6. The summed E-state index contributed by atoms with van der Waals surface area (Å²) in [7, 11) is 0. The summed E-state index contributed by atoms with van der Waals surface area (Å²) in [6.07, 6.45) is 15.9. The maximum atomic E-state index is 12.2. The fraction of sp³-hybridized carbons (Fsp3) is 0.840. The molecule has 1 heterocycles. The SMILES string of the molecule is CCCCCCCCCCCCCCCC(=NCCOCCO)C1=C(O)C(CO)OC1=O. The quantitative estimate of drug-likeness (QED) is 0.132. The van der Waals surface area contributed by atoms with E-state index in [2.05, 4.69) is 11.9 Å². The van der Waals surface area contributed by atoms with Gasteiger partial charge >= 0.3 is 5.97 Å². The highest BCUT2D eigenvalue weighted by molar-refractivity contribution is 6.21. The van der Waals surface area contributed by atoms with Gasteiger partial charge in [0.25, 0.3) is 0 Å². The lowest BCUT2D eigenvalue weighted by Gasteiger charge is -2.08. The number of hydrogen-bond donors (Lipinski definition) is 3. The molecule has 0 aromatic carbocycles. The summed E-state index contributed by atoms with van der Waals surface area (Å²) in [6, 6.07) is 0. The molecule has 0 aromatic rings. The van der Waals surface area contributed by atoms with Crippen molar-refractivity contribution in [2.75, 3.05) is 33.0 Å². The molecule has 3 N–H and O–H groups in total. The van der Waals surface area contributed by atoms with Crippen LogP contribution >= 0.6 is 0 Å². The lowest BCUT2D eigenvalue weighted by atomic mass is 10.0. The first kappa shape index (κ1) is 28.6. The topological polar surface area (TPSA) is 109 Å². The third kappa shape index (κ3) is 12.0. The zero-order chi connectivity index (χ0) is 23.4. The zero-order valence-corrected chi connectivity index (χ0v) is 20.0. The van der Waals surface area contributed by atoms with Crippen LogP contribution in [0.2, 0.25) is 0 Å². The van der Waals surface area contributed by atoms with Crippen LogP contribution in [0, 0.1) is 0 Å². The number of cyclic esters (lactones) is 1. The highest BCUT2D eigenvalue weighted by Crippen LogP contribution is 2.24. The molecule has 0 aromatic heterocycles. The molecule has 0 radical (unpaired) electrons. The van der Waals surface area contributed by atoms with Crippen molar-refractivity contribution in [2.45, 2.75) is 103 Å². The Kier molecular flexibility index (Phi) is 17.0. The van der Waals surface area contributed by atoms with Crippen LogP contribution in [-0.4, -0.2) is 66.1 Å². The van der Waals surface area contributed by atoms with E-state index in [1.165, 1.54) is 64.2 Å². The fourth-order valence-corrected chi connectivity index (χ4v) is 3.90. The average Bonchev–Trinajstić information content (AvgIpc) is 3.08. The molecule has 32 heavy (non-hydrogen) atoms. The predicted octanol–water partition coefficient (Wildman–Crippen LogP) is 4.65. The lowest BCUT2D eigenvalue weighted by Crippen LogP contribution is -2.16. The third-order valence-corrected chi connectivity index (χ3v) is 5.76. The second-order valence-corrected chi connectivity index (χ2v) is 8.49. The van der Waals surface area contributed by atoms with Crippen molar-refractivity contribution in [2.24, 2.45) is 4.99 Å². The Morgan fingerprint density at radius 1 is 0.906 bits per heavy atom. The summed E-state index contributed by atoms with van der Waals surface area (Å²) in [5.74, 6) is -0.867. The molecule has 0 fully saturated rings. The maximum Gasteiger partial charge on any atom is 0.344 e. The second-order valence-electron chi connectivity index (χ2n) is 8.49. The van der Waals surface area contributed by atoms with E-state index < -0.39 is 18.7 Å². The summed E-state index contributed by atoms with van der Waals surface area (Å²) in [5.41, 5.74) is 0.601. The van der Waals surface area contributed by atoms with E-state index >= 15 is 0 Å². The van der Waals surface area contributed by atoms with Gasteiger partial charge in [0.2, 0.25) is 0 Å². The number of aliphatic imine (C=N–C) groups is 1. The van der Waals surface area contributed by atoms with Crippen LogP contribution in [-0.2, 0) is 14.3 Å². The molecular weight excluding hydrogens is 410 g/mol. The number of unbranched alkanes of at least 4 members (excludes halogenated alkanes) is 12. The molecule has 7 heteroatoms. The van der Waals surface area contributed by atoms with Gasteiger partial charge in [-0.3, -0.25) is 4.99 Å². The van der Waals surface area contributed by atoms with Crippen LogP contribution in [0.25, 0.3) is 0 Å². The fourth-order valence-electron chi connectivity index (χ4n) is 3.90. The Hall–Kier alpha value is -1.44. The van der Waals surface area contributed by atoms with Gasteiger partial charge in [0.1, 0.15) is 5.57 Å². The third-order valence-electron chi connectivity index (χ3n) is 5.76. The first-order chi connectivity index (χ1) is 15.7. The summed E-state index contributed by atoms with van der Waals surface area (Å²) in [4.78, 5) is 16.6. The molecule has 1 unspecified atom stereocenters. The van der Waals surface area contributed by atoms with Crippen molar-refractivity contribution >= 4 is 11.7 Å². The number of rotatable bonds is 21. The van der Waals surface area contributed by atoms with E-state index in [0.717, 1.165) is 19.3 Å². The van der Waals surface area contributed by atoms with Crippen molar-refractivity contribution < 1.29 is 29.6 Å².